The molecule has 114 valence electrons. The first-order chi connectivity index (χ1) is 13.2. The van der Waals surface area contributed by atoms with E-state index < -0.39 is 52.5 Å². The maximum absolute atomic E-state index is 9.91. The minimum absolute atomic E-state index is 2.96. The van der Waals surface area contributed by atoms with E-state index in [0.29, 0.717) is 0 Å². The van der Waals surface area contributed by atoms with Gasteiger partial charge in [-0.25, -0.2) is 0 Å². The summed E-state index contributed by atoms with van der Waals surface area (Å²) in [7, 11) is 115. The van der Waals surface area contributed by atoms with E-state index in [9.17, 15) is 10.2 Å². The van der Waals surface area contributed by atoms with Gasteiger partial charge in [0.15, 0.2) is 0 Å². The zero-order valence-electron chi connectivity index (χ0n) is 17.4. The van der Waals surface area contributed by atoms with Gasteiger partial charge >= 0.3 is 0 Å². The lowest BCUT2D eigenvalue weighted by Gasteiger charge is -2.76. The number of hydrogen-bond acceptors (Lipinski definition) is 2. The van der Waals surface area contributed by atoms with Crippen molar-refractivity contribution < 1.29 is 10.2 Å². The third kappa shape index (κ3) is 4.22. The number of rotatable bonds is 9. The highest BCUT2D eigenvalue weighted by Gasteiger charge is 2.63. The fourth-order valence-electron chi connectivity index (χ4n) is 2.72. The van der Waals surface area contributed by atoms with Gasteiger partial charge in [-0.05, 0) is 10.8 Å². The monoisotopic (exact) mass is 374 g/mol. The molecule has 2 N–H and O–H groups in total. The van der Waals surface area contributed by atoms with Crippen LogP contribution in [0.1, 0.15) is 0 Å². The van der Waals surface area contributed by atoms with Crippen LogP contribution in [0.3, 0.4) is 0 Å². The lowest BCUT2D eigenvalue weighted by Crippen LogP contribution is -2.64. The first-order valence-corrected chi connectivity index (χ1v) is 8.47. The second-order valence-electron chi connectivity index (χ2n) is 8.60. The zero-order valence-corrected chi connectivity index (χ0v) is 17.4. The molecular formula is C10H2B20O2. The minimum atomic E-state index is -3.12. The molecule has 0 aliphatic carbocycles. The van der Waals surface area contributed by atoms with Gasteiger partial charge in [0.2, 0.25) is 0 Å². The Morgan fingerprint density at radius 1 is 0.219 bits per heavy atom. The van der Waals surface area contributed by atoms with Gasteiger partial charge in [-0.3, -0.25) is 0 Å². The van der Waals surface area contributed by atoms with Crippen LogP contribution >= 0.6 is 0 Å². The number of hydrogen-bond donors (Lipinski definition) is 2. The average Bonchev–Trinajstić information content (AvgIpc) is 2.51. The third-order valence-electron chi connectivity index (χ3n) is 6.12. The van der Waals surface area contributed by atoms with Crippen LogP contribution in [0.4, 0.5) is 0 Å². The summed E-state index contributed by atoms with van der Waals surface area (Å²) in [4.78, 5) is 0. The van der Waals surface area contributed by atoms with E-state index in [-0.39, 0.29) is 0 Å². The first kappa shape index (κ1) is 33.2. The maximum Gasteiger partial charge on any atom is 0.0976 e. The van der Waals surface area contributed by atoms with Crippen molar-refractivity contribution in [2.45, 2.75) is 52.5 Å². The molecule has 0 spiro atoms. The summed E-state index contributed by atoms with van der Waals surface area (Å²) in [5.74, 6) is 0. The highest BCUT2D eigenvalue weighted by atomic mass is 16.3. The second-order valence-corrected chi connectivity index (χ2v) is 8.60. The SMILES string of the molecule is [B]C([B])(O)C([B])([B])C([B])([B])C([B])([B])C([B])([B])C([B])([B])C([B])([B])C([B])([B])C([B])([B])C([B])([B])O. The summed E-state index contributed by atoms with van der Waals surface area (Å²) in [6.45, 7) is 0. The average molecular weight is 370 g/mol. The van der Waals surface area contributed by atoms with Crippen molar-refractivity contribution >= 4 is 157 Å². The van der Waals surface area contributed by atoms with Crippen molar-refractivity contribution in [3.8, 4) is 0 Å². The molecule has 0 saturated heterocycles. The van der Waals surface area contributed by atoms with Gasteiger partial charge in [0.05, 0.1) is 157 Å². The quantitative estimate of drug-likeness (QED) is 0.396. The molecule has 32 heavy (non-hydrogen) atoms. The van der Waals surface area contributed by atoms with Gasteiger partial charge in [0.25, 0.3) is 0 Å². The standard InChI is InChI=1S/C10H2B20O2/c11-1(12,3(15,16)5(19,20)7(23,24)9(27,28)31)2(13,14)4(17,18)6(21,22)8(25,26)10(29,30)32/h31-32H. The zero-order chi connectivity index (χ0) is 27.0. The highest BCUT2D eigenvalue weighted by molar-refractivity contribution is 6.74. The molecule has 0 rings (SSSR count). The van der Waals surface area contributed by atoms with E-state index in [1.807, 2.05) is 0 Å². The summed E-state index contributed by atoms with van der Waals surface area (Å²) in [6.07, 6.45) is 0. The van der Waals surface area contributed by atoms with Crippen LogP contribution in [0.25, 0.3) is 0 Å². The fourth-order valence-corrected chi connectivity index (χ4v) is 2.72. The smallest absolute Gasteiger partial charge is 0.0976 e. The molecule has 0 saturated carbocycles. The van der Waals surface area contributed by atoms with Crippen LogP contribution in [0.5, 0.6) is 0 Å². The van der Waals surface area contributed by atoms with Crippen molar-refractivity contribution in [2.75, 3.05) is 0 Å². The molecule has 40 radical (unpaired) electrons. The lowest BCUT2D eigenvalue weighted by molar-refractivity contribution is 0.167. The van der Waals surface area contributed by atoms with Gasteiger partial charge in [0.1, 0.15) is 0 Å². The molecule has 0 atom stereocenters. The summed E-state index contributed by atoms with van der Waals surface area (Å²) in [6, 6.07) is 0. The minimum Gasteiger partial charge on any atom is -0.410 e. The molecule has 0 aliphatic heterocycles. The Hall–Kier alpha value is 1.22. The Morgan fingerprint density at radius 2 is 0.312 bits per heavy atom. The van der Waals surface area contributed by atoms with Gasteiger partial charge in [-0.15, -0.1) is 31.3 Å². The predicted octanol–water partition coefficient (Wildman–Crippen LogP) is -7.42. The van der Waals surface area contributed by atoms with Crippen molar-refractivity contribution in [2.24, 2.45) is 0 Å². The topological polar surface area (TPSA) is 40.5 Å². The largest absolute Gasteiger partial charge is 0.410 e. The van der Waals surface area contributed by atoms with Gasteiger partial charge in [-0.1, -0.05) is 10.4 Å². The fraction of sp³-hybridized carbons (Fsp3) is 1.00. The molecule has 0 unspecified atom stereocenters. The van der Waals surface area contributed by atoms with Gasteiger partial charge < -0.3 is 10.2 Å². The summed E-state index contributed by atoms with van der Waals surface area (Å²) < 4.78 is 0. The molecule has 0 amide bonds. The van der Waals surface area contributed by atoms with Crippen LogP contribution in [0, 0.1) is 0 Å². The van der Waals surface area contributed by atoms with E-state index in [1.54, 1.807) is 0 Å². The molecular weight excluding hydrogens is 368 g/mol. The Kier molecular flexibility index (Phi) is 8.70. The molecule has 2 nitrogen and oxygen atoms in total. The van der Waals surface area contributed by atoms with E-state index in [2.05, 4.69) is 0 Å². The molecule has 22 heteroatoms. The van der Waals surface area contributed by atoms with Crippen LogP contribution in [0.15, 0.2) is 0 Å². The molecule has 0 fully saturated rings. The normalized spacial score (nSPS) is 16.4. The molecule has 0 aromatic rings. The van der Waals surface area contributed by atoms with E-state index in [0.717, 1.165) is 0 Å². The lowest BCUT2D eigenvalue weighted by atomic mass is 8.99. The third-order valence-corrected chi connectivity index (χ3v) is 6.12. The maximum atomic E-state index is 9.91. The molecule has 0 aromatic carbocycles. The Morgan fingerprint density at radius 3 is 0.406 bits per heavy atom. The predicted molar refractivity (Wildman–Crippen MR) is 147 cm³/mol. The Labute approximate surface area is 219 Å². The van der Waals surface area contributed by atoms with Gasteiger partial charge in [0, 0.05) is 0 Å². The van der Waals surface area contributed by atoms with Crippen molar-refractivity contribution in [1.29, 1.82) is 0 Å². The Bertz CT molecular complexity index is 636. The molecule has 0 aliphatic rings. The molecule has 0 bridgehead atoms. The summed E-state index contributed by atoms with van der Waals surface area (Å²) in [5, 5.41) is -10.7. The van der Waals surface area contributed by atoms with Crippen LogP contribution in [0.2, 0.25) is 41.7 Å². The second kappa shape index (κ2) is 8.38. The summed E-state index contributed by atoms with van der Waals surface area (Å²) in [5.41, 5.74) is 0. The Balaban J connectivity index is 7.00. The molecule has 0 aromatic heterocycles. The van der Waals surface area contributed by atoms with Crippen LogP contribution in [-0.4, -0.2) is 178 Å². The van der Waals surface area contributed by atoms with E-state index >= 15 is 0 Å². The van der Waals surface area contributed by atoms with E-state index in [4.69, 9.17) is 157 Å². The highest BCUT2D eigenvalue weighted by Crippen LogP contribution is 2.78. The van der Waals surface area contributed by atoms with Crippen molar-refractivity contribution in [1.82, 2.24) is 0 Å². The van der Waals surface area contributed by atoms with Gasteiger partial charge in [-0.2, -0.15) is 0 Å². The first-order valence-electron chi connectivity index (χ1n) is 8.47. The summed E-state index contributed by atoms with van der Waals surface area (Å²) >= 11 is 0. The van der Waals surface area contributed by atoms with Crippen LogP contribution < -0.4 is 0 Å². The van der Waals surface area contributed by atoms with Crippen LogP contribution in [-0.2, 0) is 0 Å². The van der Waals surface area contributed by atoms with E-state index in [1.165, 1.54) is 0 Å². The van der Waals surface area contributed by atoms with Crippen molar-refractivity contribution in [3.63, 3.8) is 0 Å². The molecule has 0 heterocycles. The van der Waals surface area contributed by atoms with Crippen molar-refractivity contribution in [3.05, 3.63) is 0 Å². The number of aliphatic hydroxyl groups is 2.